The van der Waals surface area contributed by atoms with Gasteiger partial charge in [0.1, 0.15) is 5.82 Å². The fourth-order valence-corrected chi connectivity index (χ4v) is 6.10. The van der Waals surface area contributed by atoms with E-state index >= 15 is 0 Å². The summed E-state index contributed by atoms with van der Waals surface area (Å²) in [5, 5.41) is 4.62. The summed E-state index contributed by atoms with van der Waals surface area (Å²) in [5.74, 6) is -1.81. The molecule has 4 aromatic rings. The molecule has 2 nitrogen and oxygen atoms in total. The van der Waals surface area contributed by atoms with Gasteiger partial charge in [-0.2, -0.15) is 13.2 Å². The van der Waals surface area contributed by atoms with Gasteiger partial charge in [-0.05, 0) is 66.8 Å². The number of carbonyl (C=O) groups is 1. The Morgan fingerprint density at radius 3 is 2.34 bits per heavy atom. The van der Waals surface area contributed by atoms with Crippen LogP contribution in [-0.2, 0) is 12.6 Å². The van der Waals surface area contributed by atoms with E-state index in [1.807, 2.05) is 6.07 Å². The van der Waals surface area contributed by atoms with Crippen LogP contribution in [0, 0.1) is 5.82 Å². The summed E-state index contributed by atoms with van der Waals surface area (Å²) in [6.07, 6.45) is -3.36. The van der Waals surface area contributed by atoms with Crippen LogP contribution in [0.5, 0.6) is 0 Å². The van der Waals surface area contributed by atoms with Crippen molar-refractivity contribution in [2.45, 2.75) is 19.0 Å². The molecular formula is C23H17F4NOS3. The van der Waals surface area contributed by atoms with Crippen LogP contribution in [-0.4, -0.2) is 12.5 Å². The van der Waals surface area contributed by atoms with Gasteiger partial charge in [0.15, 0.2) is 0 Å². The van der Waals surface area contributed by atoms with E-state index in [-0.39, 0.29) is 12.1 Å². The van der Waals surface area contributed by atoms with Crippen molar-refractivity contribution in [3.63, 3.8) is 0 Å². The smallest absolute Gasteiger partial charge is 0.352 e. The summed E-state index contributed by atoms with van der Waals surface area (Å²) in [6.45, 7) is 0.283. The molecule has 0 aliphatic heterocycles. The zero-order valence-electron chi connectivity index (χ0n) is 16.5. The van der Waals surface area contributed by atoms with Crippen LogP contribution in [0.3, 0.4) is 0 Å². The molecule has 166 valence electrons. The monoisotopic (exact) mass is 495 g/mol. The van der Waals surface area contributed by atoms with Crippen molar-refractivity contribution in [1.82, 2.24) is 5.32 Å². The minimum absolute atomic E-state index is 0.283. The highest BCUT2D eigenvalue weighted by atomic mass is 32.1. The quantitative estimate of drug-likeness (QED) is 0.206. The fraction of sp³-hybridized carbons (Fsp3) is 0.174. The summed E-state index contributed by atoms with van der Waals surface area (Å²) >= 11 is 5.14. The second kappa shape index (κ2) is 9.56. The van der Waals surface area contributed by atoms with E-state index in [1.165, 1.54) is 19.5 Å². The van der Waals surface area contributed by atoms with Gasteiger partial charge in [0.2, 0.25) is 0 Å². The lowest BCUT2D eigenvalue weighted by atomic mass is 10.1. The van der Waals surface area contributed by atoms with Crippen LogP contribution in [0.1, 0.15) is 27.2 Å². The summed E-state index contributed by atoms with van der Waals surface area (Å²) in [4.78, 5) is 18.1. The third-order valence-electron chi connectivity index (χ3n) is 4.65. The van der Waals surface area contributed by atoms with Gasteiger partial charge in [0.05, 0.1) is 5.56 Å². The van der Waals surface area contributed by atoms with Crippen molar-refractivity contribution in [2.75, 3.05) is 6.54 Å². The number of alkyl halides is 3. The largest absolute Gasteiger partial charge is 0.416 e. The molecule has 0 saturated heterocycles. The molecule has 3 aromatic heterocycles. The predicted octanol–water partition coefficient (Wildman–Crippen LogP) is 7.73. The van der Waals surface area contributed by atoms with E-state index in [9.17, 15) is 22.4 Å². The average Bonchev–Trinajstić information content (AvgIpc) is 3.51. The standard InChI is InChI=1S/C23H17F4NOS3/c24-16-12-14(11-15(13-16)23(25,26)27)22(29)28-9-1-3-17-5-6-20(31-17)21-8-7-19(32-21)18-4-2-10-30-18/h2,4-8,10-13H,1,3,9H2,(H,28,29). The summed E-state index contributed by atoms with van der Waals surface area (Å²) in [7, 11) is 0. The number of nitrogens with one attached hydrogen (secondary N) is 1. The first-order chi connectivity index (χ1) is 15.3. The van der Waals surface area contributed by atoms with Crippen LogP contribution in [0.4, 0.5) is 17.6 Å². The lowest BCUT2D eigenvalue weighted by molar-refractivity contribution is -0.137. The molecule has 9 heteroatoms. The number of hydrogen-bond acceptors (Lipinski definition) is 4. The Kier molecular flexibility index (Phi) is 6.78. The van der Waals surface area contributed by atoms with Gasteiger partial charge in [0, 0.05) is 36.5 Å². The molecule has 1 N–H and O–H groups in total. The summed E-state index contributed by atoms with van der Waals surface area (Å²) in [6, 6.07) is 14.3. The number of amides is 1. The normalized spacial score (nSPS) is 11.6. The van der Waals surface area contributed by atoms with Gasteiger partial charge in [-0.3, -0.25) is 4.79 Å². The maximum absolute atomic E-state index is 13.5. The van der Waals surface area contributed by atoms with Crippen LogP contribution in [0.2, 0.25) is 0 Å². The van der Waals surface area contributed by atoms with Gasteiger partial charge in [-0.25, -0.2) is 4.39 Å². The Hall–Kier alpha value is -2.49. The molecule has 4 rings (SSSR count). The molecule has 0 aliphatic carbocycles. The molecule has 1 amide bonds. The maximum Gasteiger partial charge on any atom is 0.416 e. The minimum Gasteiger partial charge on any atom is -0.352 e. The van der Waals surface area contributed by atoms with E-state index in [2.05, 4.69) is 41.0 Å². The molecule has 0 spiro atoms. The lowest BCUT2D eigenvalue weighted by Crippen LogP contribution is -2.25. The van der Waals surface area contributed by atoms with Gasteiger partial charge in [-0.15, -0.1) is 34.0 Å². The number of thiophene rings is 3. The van der Waals surface area contributed by atoms with Crippen molar-refractivity contribution in [2.24, 2.45) is 0 Å². The maximum atomic E-state index is 13.5. The molecule has 32 heavy (non-hydrogen) atoms. The van der Waals surface area contributed by atoms with Crippen molar-refractivity contribution < 1.29 is 22.4 Å². The first-order valence-electron chi connectivity index (χ1n) is 9.68. The van der Waals surface area contributed by atoms with E-state index in [1.54, 1.807) is 34.0 Å². The Labute approximate surface area is 194 Å². The predicted molar refractivity (Wildman–Crippen MR) is 123 cm³/mol. The lowest BCUT2D eigenvalue weighted by Gasteiger charge is -2.10. The number of halogens is 4. The molecule has 0 atom stereocenters. The van der Waals surface area contributed by atoms with Crippen molar-refractivity contribution in [3.05, 3.63) is 81.8 Å². The number of carbonyl (C=O) groups excluding carboxylic acids is 1. The second-order valence-electron chi connectivity index (χ2n) is 6.99. The average molecular weight is 496 g/mol. The van der Waals surface area contributed by atoms with E-state index in [0.29, 0.717) is 18.6 Å². The zero-order valence-corrected chi connectivity index (χ0v) is 19.0. The van der Waals surface area contributed by atoms with Crippen LogP contribution in [0.15, 0.2) is 60.0 Å². The van der Waals surface area contributed by atoms with E-state index in [4.69, 9.17) is 0 Å². The molecule has 0 fully saturated rings. The molecule has 0 aliphatic rings. The molecule has 0 bridgehead atoms. The van der Waals surface area contributed by atoms with E-state index in [0.717, 1.165) is 17.4 Å². The summed E-state index contributed by atoms with van der Waals surface area (Å²) < 4.78 is 51.9. The van der Waals surface area contributed by atoms with E-state index < -0.39 is 23.5 Å². The first-order valence-corrected chi connectivity index (χ1v) is 12.2. The molecule has 0 unspecified atom stereocenters. The highest BCUT2D eigenvalue weighted by Crippen LogP contribution is 2.39. The zero-order chi connectivity index (χ0) is 22.7. The van der Waals surface area contributed by atoms with Gasteiger partial charge < -0.3 is 5.32 Å². The Morgan fingerprint density at radius 1 is 0.906 bits per heavy atom. The minimum atomic E-state index is -4.71. The Balaban J connectivity index is 1.30. The van der Waals surface area contributed by atoms with Crippen molar-refractivity contribution in [3.8, 4) is 19.5 Å². The third-order valence-corrected chi connectivity index (χ3v) is 8.14. The molecule has 0 saturated carbocycles. The molecule has 0 radical (unpaired) electrons. The SMILES string of the molecule is O=C(NCCCc1ccc(-c2ccc(-c3cccs3)s2)s1)c1cc(F)cc(C(F)(F)F)c1. The van der Waals surface area contributed by atoms with Gasteiger partial charge >= 0.3 is 6.18 Å². The molecule has 1 aromatic carbocycles. The number of hydrogen-bond donors (Lipinski definition) is 1. The highest BCUT2D eigenvalue weighted by Gasteiger charge is 2.32. The van der Waals surface area contributed by atoms with Gasteiger partial charge in [0.25, 0.3) is 5.91 Å². The van der Waals surface area contributed by atoms with Crippen LogP contribution >= 0.6 is 34.0 Å². The Bertz CT molecular complexity index is 1210. The summed E-state index contributed by atoms with van der Waals surface area (Å²) in [5.41, 5.74) is -1.51. The molecular weight excluding hydrogens is 478 g/mol. The first kappa shape index (κ1) is 22.7. The van der Waals surface area contributed by atoms with Crippen molar-refractivity contribution in [1.29, 1.82) is 0 Å². The number of benzene rings is 1. The Morgan fingerprint density at radius 2 is 1.62 bits per heavy atom. The number of aryl methyl sites for hydroxylation is 1. The fourth-order valence-electron chi connectivity index (χ4n) is 3.12. The van der Waals surface area contributed by atoms with Gasteiger partial charge in [-0.1, -0.05) is 6.07 Å². The topological polar surface area (TPSA) is 29.1 Å². The second-order valence-corrected chi connectivity index (χ2v) is 10.2. The van der Waals surface area contributed by atoms with Crippen molar-refractivity contribution >= 4 is 39.9 Å². The third kappa shape index (κ3) is 5.46. The highest BCUT2D eigenvalue weighted by molar-refractivity contribution is 7.26. The van der Waals surface area contributed by atoms with Crippen LogP contribution < -0.4 is 5.32 Å². The molecule has 3 heterocycles. The van der Waals surface area contributed by atoms with Crippen LogP contribution in [0.25, 0.3) is 19.5 Å². The number of rotatable bonds is 7.